The Labute approximate surface area is 125 Å². The molecule has 7 heteroatoms. The average Bonchev–Trinajstić information content (AvgIpc) is 2.74. The van der Waals surface area contributed by atoms with Gasteiger partial charge in [-0.3, -0.25) is 14.2 Å². The van der Waals surface area contributed by atoms with Gasteiger partial charge >= 0.3 is 0 Å². The van der Waals surface area contributed by atoms with Gasteiger partial charge in [-0.2, -0.15) is 0 Å². The van der Waals surface area contributed by atoms with E-state index in [0.717, 1.165) is 5.52 Å². The minimum atomic E-state index is -0.275. The first-order valence-corrected chi connectivity index (χ1v) is 7.58. The third-order valence-corrected chi connectivity index (χ3v) is 3.89. The molecule has 0 aliphatic rings. The Morgan fingerprint density at radius 3 is 2.85 bits per heavy atom. The van der Waals surface area contributed by atoms with Gasteiger partial charge in [0.05, 0.1) is 5.52 Å². The van der Waals surface area contributed by atoms with Crippen LogP contribution in [0.2, 0.25) is 0 Å². The van der Waals surface area contributed by atoms with Gasteiger partial charge in [-0.25, -0.2) is 0 Å². The van der Waals surface area contributed by atoms with Crippen LogP contribution in [0, 0.1) is 4.77 Å². The molecule has 0 saturated heterocycles. The van der Waals surface area contributed by atoms with Crippen molar-refractivity contribution in [3.8, 4) is 0 Å². The van der Waals surface area contributed by atoms with E-state index in [0.29, 0.717) is 9.47 Å². The molecule has 2 rings (SSSR count). The van der Waals surface area contributed by atoms with Crippen LogP contribution < -0.4 is 10.9 Å². The van der Waals surface area contributed by atoms with E-state index in [1.165, 1.54) is 15.9 Å². The van der Waals surface area contributed by atoms with Gasteiger partial charge in [0.2, 0.25) is 5.91 Å². The number of carbonyl (C=O) groups excluding carboxylic acids is 1. The SMILES string of the molecule is CC(C)(C)NC(=O)CCn1c(=S)[nH]c2ccsc2c1=O. The number of hydrogen-bond donors (Lipinski definition) is 2. The molecule has 2 aromatic rings. The smallest absolute Gasteiger partial charge is 0.272 e. The van der Waals surface area contributed by atoms with Crippen molar-refractivity contribution >= 4 is 39.7 Å². The summed E-state index contributed by atoms with van der Waals surface area (Å²) < 4.78 is 2.43. The third kappa shape index (κ3) is 3.34. The molecular formula is C13H17N3O2S2. The molecule has 108 valence electrons. The highest BCUT2D eigenvalue weighted by atomic mass is 32.1. The van der Waals surface area contributed by atoms with E-state index < -0.39 is 0 Å². The molecule has 0 aliphatic carbocycles. The average molecular weight is 311 g/mol. The Hall–Kier alpha value is -1.47. The zero-order chi connectivity index (χ0) is 14.9. The molecule has 0 spiro atoms. The van der Waals surface area contributed by atoms with E-state index in [-0.39, 0.29) is 30.0 Å². The molecule has 0 fully saturated rings. The first kappa shape index (κ1) is 14.9. The molecule has 0 unspecified atom stereocenters. The largest absolute Gasteiger partial charge is 0.351 e. The van der Waals surface area contributed by atoms with Gasteiger partial charge in [-0.15, -0.1) is 11.3 Å². The number of carbonyl (C=O) groups is 1. The summed E-state index contributed by atoms with van der Waals surface area (Å²) >= 11 is 6.54. The van der Waals surface area contributed by atoms with Crippen molar-refractivity contribution in [1.29, 1.82) is 0 Å². The van der Waals surface area contributed by atoms with Crippen molar-refractivity contribution in [2.75, 3.05) is 0 Å². The second-order valence-electron chi connectivity index (χ2n) is 5.60. The van der Waals surface area contributed by atoms with Crippen molar-refractivity contribution < 1.29 is 4.79 Å². The van der Waals surface area contributed by atoms with E-state index in [4.69, 9.17) is 12.2 Å². The highest BCUT2D eigenvalue weighted by Crippen LogP contribution is 2.14. The molecule has 0 saturated carbocycles. The maximum absolute atomic E-state index is 12.3. The quantitative estimate of drug-likeness (QED) is 0.856. The minimum absolute atomic E-state index is 0.0925. The third-order valence-electron chi connectivity index (χ3n) is 2.67. The van der Waals surface area contributed by atoms with E-state index in [1.54, 1.807) is 0 Å². The van der Waals surface area contributed by atoms with Gasteiger partial charge in [-0.1, -0.05) is 0 Å². The number of H-pyrrole nitrogens is 1. The second kappa shape index (κ2) is 5.49. The van der Waals surface area contributed by atoms with Gasteiger partial charge in [-0.05, 0) is 44.4 Å². The maximum atomic E-state index is 12.3. The number of nitrogens with one attached hydrogen (secondary N) is 2. The Kier molecular flexibility index (Phi) is 4.10. The number of rotatable bonds is 3. The second-order valence-corrected chi connectivity index (χ2v) is 6.90. The number of fused-ring (bicyclic) bond motifs is 1. The Bertz CT molecular complexity index is 749. The normalized spacial score (nSPS) is 11.8. The van der Waals surface area contributed by atoms with Crippen LogP contribution in [0.1, 0.15) is 27.2 Å². The van der Waals surface area contributed by atoms with Crippen LogP contribution in [0.25, 0.3) is 10.2 Å². The number of aromatic nitrogens is 2. The zero-order valence-electron chi connectivity index (χ0n) is 11.6. The summed E-state index contributed by atoms with van der Waals surface area (Å²) in [4.78, 5) is 27.1. The standard InChI is InChI=1S/C13H17N3O2S2/c1-13(2,3)15-9(17)4-6-16-11(18)10-8(5-7-20-10)14-12(16)19/h5,7H,4,6H2,1-3H3,(H,14,19)(H,15,17). The number of aromatic amines is 1. The molecule has 0 aromatic carbocycles. The van der Waals surface area contributed by atoms with Crippen LogP contribution in [-0.2, 0) is 11.3 Å². The number of hydrogen-bond acceptors (Lipinski definition) is 4. The highest BCUT2D eigenvalue weighted by molar-refractivity contribution is 7.71. The van der Waals surface area contributed by atoms with Gasteiger partial charge in [0.15, 0.2) is 4.77 Å². The molecule has 0 aliphatic heterocycles. The molecule has 2 aromatic heterocycles. The summed E-state index contributed by atoms with van der Waals surface area (Å²) in [5.41, 5.74) is 0.338. The molecule has 0 radical (unpaired) electrons. The van der Waals surface area contributed by atoms with Gasteiger partial charge in [0.25, 0.3) is 5.56 Å². The Morgan fingerprint density at radius 2 is 2.20 bits per heavy atom. The highest BCUT2D eigenvalue weighted by Gasteiger charge is 2.14. The van der Waals surface area contributed by atoms with Crippen molar-refractivity contribution in [2.45, 2.75) is 39.3 Å². The lowest BCUT2D eigenvalue weighted by atomic mass is 10.1. The van der Waals surface area contributed by atoms with Crippen LogP contribution in [-0.4, -0.2) is 21.0 Å². The van der Waals surface area contributed by atoms with Crippen LogP contribution in [0.5, 0.6) is 0 Å². The van der Waals surface area contributed by atoms with E-state index in [9.17, 15) is 9.59 Å². The first-order chi connectivity index (χ1) is 9.28. The number of nitrogens with zero attached hydrogens (tertiary/aromatic N) is 1. The van der Waals surface area contributed by atoms with Crippen molar-refractivity contribution in [2.24, 2.45) is 0 Å². The molecule has 0 bridgehead atoms. The van der Waals surface area contributed by atoms with E-state index >= 15 is 0 Å². The summed E-state index contributed by atoms with van der Waals surface area (Å²) in [7, 11) is 0. The fourth-order valence-electron chi connectivity index (χ4n) is 1.87. The lowest BCUT2D eigenvalue weighted by Crippen LogP contribution is -2.41. The lowest BCUT2D eigenvalue weighted by Gasteiger charge is -2.20. The predicted molar refractivity (Wildman–Crippen MR) is 83.8 cm³/mol. The maximum Gasteiger partial charge on any atom is 0.272 e. The summed E-state index contributed by atoms with van der Waals surface area (Å²) in [6, 6.07) is 1.83. The molecule has 5 nitrogen and oxygen atoms in total. The molecule has 2 heterocycles. The topological polar surface area (TPSA) is 66.9 Å². The molecule has 0 atom stereocenters. The molecule has 20 heavy (non-hydrogen) atoms. The van der Waals surface area contributed by atoms with Gasteiger partial charge in [0.1, 0.15) is 4.70 Å². The summed E-state index contributed by atoms with van der Waals surface area (Å²) in [5, 5.41) is 4.71. The van der Waals surface area contributed by atoms with E-state index in [2.05, 4.69) is 10.3 Å². The number of thiophene rings is 1. The first-order valence-electron chi connectivity index (χ1n) is 6.29. The summed E-state index contributed by atoms with van der Waals surface area (Å²) in [5.74, 6) is -0.0925. The summed E-state index contributed by atoms with van der Waals surface area (Å²) in [6.07, 6.45) is 0.228. The number of amides is 1. The lowest BCUT2D eigenvalue weighted by molar-refractivity contribution is -0.122. The fraction of sp³-hybridized carbons (Fsp3) is 0.462. The zero-order valence-corrected chi connectivity index (χ0v) is 13.3. The van der Waals surface area contributed by atoms with Crippen LogP contribution in [0.3, 0.4) is 0 Å². The van der Waals surface area contributed by atoms with Crippen molar-refractivity contribution in [3.05, 3.63) is 26.6 Å². The van der Waals surface area contributed by atoms with E-state index in [1.807, 2.05) is 32.2 Å². The molecule has 2 N–H and O–H groups in total. The van der Waals surface area contributed by atoms with Crippen LogP contribution >= 0.6 is 23.6 Å². The van der Waals surface area contributed by atoms with Gasteiger partial charge in [0, 0.05) is 18.5 Å². The minimum Gasteiger partial charge on any atom is -0.351 e. The summed E-state index contributed by atoms with van der Waals surface area (Å²) in [6.45, 7) is 6.03. The van der Waals surface area contributed by atoms with Crippen molar-refractivity contribution in [1.82, 2.24) is 14.9 Å². The molecular weight excluding hydrogens is 294 g/mol. The fourth-order valence-corrected chi connectivity index (χ4v) is 2.95. The predicted octanol–water partition coefficient (Wildman–Crippen LogP) is 2.43. The Morgan fingerprint density at radius 1 is 1.50 bits per heavy atom. The van der Waals surface area contributed by atoms with Crippen LogP contribution in [0.15, 0.2) is 16.2 Å². The Balaban J connectivity index is 2.20. The molecule has 1 amide bonds. The van der Waals surface area contributed by atoms with Crippen LogP contribution in [0.4, 0.5) is 0 Å². The van der Waals surface area contributed by atoms with Crippen molar-refractivity contribution in [3.63, 3.8) is 0 Å². The van der Waals surface area contributed by atoms with Gasteiger partial charge < -0.3 is 10.3 Å². The monoisotopic (exact) mass is 311 g/mol.